The van der Waals surface area contributed by atoms with E-state index in [1.54, 1.807) is 41.2 Å². The zero-order valence-electron chi connectivity index (χ0n) is 22.4. The standard InChI is InChI=1S/C29H30N4O5S/c1-16-7-6-8-19(13-16)25-24(18-9-11-20(12-10-18)39(5,36)37)31-27-29(3)21(38-4)14-17(2)23-26(29)32(15-22(34)30-23)28(35)33(25)27/h6-14,17,24-25H,15H2,1-5H3,(H,30,34). The molecule has 39 heavy (non-hydrogen) atoms. The Labute approximate surface area is 227 Å². The normalized spacial score (nSPS) is 28.0. The summed E-state index contributed by atoms with van der Waals surface area (Å²) in [4.78, 5) is 35.8. The molecule has 0 aromatic heterocycles. The number of methoxy groups -OCH3 is 1. The first kappa shape index (κ1) is 25.4. The first-order valence-electron chi connectivity index (χ1n) is 12.8. The van der Waals surface area contributed by atoms with Gasteiger partial charge in [0.1, 0.15) is 29.6 Å². The molecule has 10 heteroatoms. The number of amides is 3. The van der Waals surface area contributed by atoms with Gasteiger partial charge in [-0.2, -0.15) is 0 Å². The number of sulfone groups is 1. The van der Waals surface area contributed by atoms with Crippen molar-refractivity contribution < 1.29 is 22.7 Å². The van der Waals surface area contributed by atoms with Gasteiger partial charge in [0, 0.05) is 17.9 Å². The Morgan fingerprint density at radius 2 is 1.82 bits per heavy atom. The maximum absolute atomic E-state index is 14.3. The number of amidine groups is 1. The summed E-state index contributed by atoms with van der Waals surface area (Å²) in [6, 6.07) is 13.3. The Morgan fingerprint density at radius 3 is 2.46 bits per heavy atom. The van der Waals surface area contributed by atoms with Crippen LogP contribution >= 0.6 is 0 Å². The van der Waals surface area contributed by atoms with Gasteiger partial charge in [-0.05, 0) is 43.2 Å². The zero-order valence-corrected chi connectivity index (χ0v) is 23.2. The lowest BCUT2D eigenvalue weighted by Gasteiger charge is -2.52. The predicted octanol–water partition coefficient (Wildman–Crippen LogP) is 3.86. The molecule has 1 N–H and O–H groups in total. The number of aryl methyl sites for hydroxylation is 1. The molecular weight excluding hydrogens is 516 g/mol. The largest absolute Gasteiger partial charge is 0.500 e. The van der Waals surface area contributed by atoms with Crippen LogP contribution in [0.25, 0.3) is 0 Å². The van der Waals surface area contributed by atoms with Crippen LogP contribution in [0.2, 0.25) is 0 Å². The molecular formula is C29H30N4O5S. The van der Waals surface area contributed by atoms with Gasteiger partial charge >= 0.3 is 6.03 Å². The van der Waals surface area contributed by atoms with Gasteiger partial charge < -0.3 is 10.1 Å². The number of aliphatic imine (C=N–C) groups is 1. The van der Waals surface area contributed by atoms with Crippen molar-refractivity contribution in [2.75, 3.05) is 19.9 Å². The number of hydrogen-bond donors (Lipinski definition) is 1. The lowest BCUT2D eigenvalue weighted by atomic mass is 9.72. The molecule has 3 amide bonds. The molecule has 4 aliphatic rings. The first-order chi connectivity index (χ1) is 18.4. The zero-order chi connectivity index (χ0) is 27.9. The van der Waals surface area contributed by atoms with Gasteiger partial charge in [-0.25, -0.2) is 13.2 Å². The predicted molar refractivity (Wildman–Crippen MR) is 145 cm³/mol. The minimum absolute atomic E-state index is 0.102. The van der Waals surface area contributed by atoms with E-state index in [2.05, 4.69) is 5.32 Å². The summed E-state index contributed by atoms with van der Waals surface area (Å²) in [6.07, 6.45) is 3.14. The maximum atomic E-state index is 14.3. The molecule has 0 bridgehead atoms. The van der Waals surface area contributed by atoms with Crippen molar-refractivity contribution in [3.63, 3.8) is 0 Å². The lowest BCUT2D eigenvalue weighted by Crippen LogP contribution is -2.64. The van der Waals surface area contributed by atoms with Crippen molar-refractivity contribution in [3.8, 4) is 0 Å². The third-order valence-electron chi connectivity index (χ3n) is 8.13. The smallest absolute Gasteiger partial charge is 0.330 e. The molecule has 0 saturated carbocycles. The second-order valence-corrected chi connectivity index (χ2v) is 12.8. The summed E-state index contributed by atoms with van der Waals surface area (Å²) in [5.74, 6) is 0.784. The third-order valence-corrected chi connectivity index (χ3v) is 9.26. The molecule has 1 aliphatic carbocycles. The van der Waals surface area contributed by atoms with Crippen LogP contribution in [0.3, 0.4) is 0 Å². The number of urea groups is 1. The van der Waals surface area contributed by atoms with Crippen molar-refractivity contribution in [3.05, 3.63) is 88.5 Å². The number of hydrogen-bond acceptors (Lipinski definition) is 6. The quantitative estimate of drug-likeness (QED) is 0.627. The van der Waals surface area contributed by atoms with E-state index < -0.39 is 27.3 Å². The second kappa shape index (κ2) is 8.54. The van der Waals surface area contributed by atoms with E-state index in [0.29, 0.717) is 23.0 Å². The van der Waals surface area contributed by atoms with Crippen molar-refractivity contribution in [1.29, 1.82) is 0 Å². The van der Waals surface area contributed by atoms with Crippen molar-refractivity contribution in [1.82, 2.24) is 15.1 Å². The Hall–Kier alpha value is -3.92. The monoisotopic (exact) mass is 546 g/mol. The number of carbonyl (C=O) groups excluding carboxylic acids is 2. The lowest BCUT2D eigenvalue weighted by molar-refractivity contribution is -0.122. The molecule has 2 aromatic rings. The van der Waals surface area contributed by atoms with Crippen LogP contribution < -0.4 is 5.32 Å². The van der Waals surface area contributed by atoms with Gasteiger partial charge in [0.05, 0.1) is 23.7 Å². The van der Waals surface area contributed by atoms with Gasteiger partial charge in [-0.1, -0.05) is 48.9 Å². The van der Waals surface area contributed by atoms with Crippen LogP contribution in [0.15, 0.2) is 81.6 Å². The molecule has 1 fully saturated rings. The number of carbonyl (C=O) groups is 2. The van der Waals surface area contributed by atoms with Crippen LogP contribution in [-0.2, 0) is 19.4 Å². The van der Waals surface area contributed by atoms with E-state index in [0.717, 1.165) is 16.7 Å². The van der Waals surface area contributed by atoms with Gasteiger partial charge in [-0.15, -0.1) is 0 Å². The first-order valence-corrected chi connectivity index (χ1v) is 14.7. The van der Waals surface area contributed by atoms with Gasteiger partial charge in [-0.3, -0.25) is 19.6 Å². The van der Waals surface area contributed by atoms with E-state index in [-0.39, 0.29) is 29.3 Å². The third kappa shape index (κ3) is 3.65. The summed E-state index contributed by atoms with van der Waals surface area (Å²) in [7, 11) is -1.77. The summed E-state index contributed by atoms with van der Waals surface area (Å²) in [5.41, 5.74) is 3.14. The molecule has 3 aliphatic heterocycles. The highest BCUT2D eigenvalue weighted by Crippen LogP contribution is 2.56. The van der Waals surface area contributed by atoms with Gasteiger partial charge in [0.15, 0.2) is 9.84 Å². The average Bonchev–Trinajstić information content (AvgIpc) is 3.30. The molecule has 9 nitrogen and oxygen atoms in total. The Bertz CT molecular complexity index is 1620. The van der Waals surface area contributed by atoms with E-state index in [1.807, 2.05) is 51.1 Å². The summed E-state index contributed by atoms with van der Waals surface area (Å²) in [5, 5.41) is 3.00. The number of rotatable bonds is 4. The van der Waals surface area contributed by atoms with Crippen LogP contribution in [0, 0.1) is 18.3 Å². The van der Waals surface area contributed by atoms with Crippen molar-refractivity contribution >= 4 is 27.6 Å². The SMILES string of the molecule is COC1=CC(C)C2=C3N(CC(=O)N2)C(=O)N2C(=NC(c4ccc(S(C)(=O)=O)cc4)C2c2cccc(C)c2)C13C. The van der Waals surface area contributed by atoms with Crippen LogP contribution in [-0.4, -0.2) is 55.9 Å². The number of benzene rings is 2. The summed E-state index contributed by atoms with van der Waals surface area (Å²) >= 11 is 0. The van der Waals surface area contributed by atoms with Crippen LogP contribution in [0.5, 0.6) is 0 Å². The fraction of sp³-hybridized carbons (Fsp3) is 0.345. The molecule has 6 rings (SSSR count). The van der Waals surface area contributed by atoms with Gasteiger partial charge in [0.2, 0.25) is 5.91 Å². The summed E-state index contributed by atoms with van der Waals surface area (Å²) < 4.78 is 30.2. The highest BCUT2D eigenvalue weighted by Gasteiger charge is 2.61. The van der Waals surface area contributed by atoms with E-state index in [1.165, 1.54) is 6.26 Å². The highest BCUT2D eigenvalue weighted by molar-refractivity contribution is 7.90. The number of allylic oxidation sites excluding steroid dienone is 1. The Balaban J connectivity index is 1.60. The molecule has 4 atom stereocenters. The fourth-order valence-electron chi connectivity index (χ4n) is 6.33. The molecule has 202 valence electrons. The molecule has 1 saturated heterocycles. The molecule has 2 aromatic carbocycles. The fourth-order valence-corrected chi connectivity index (χ4v) is 6.96. The Morgan fingerprint density at radius 1 is 1.10 bits per heavy atom. The number of nitrogens with zero attached hydrogens (tertiary/aromatic N) is 3. The van der Waals surface area contributed by atoms with Crippen molar-refractivity contribution in [2.24, 2.45) is 16.3 Å². The van der Waals surface area contributed by atoms with E-state index in [9.17, 15) is 18.0 Å². The molecule has 3 heterocycles. The number of nitrogens with one attached hydrogen (secondary N) is 1. The average molecular weight is 547 g/mol. The van der Waals surface area contributed by atoms with Gasteiger partial charge in [0.25, 0.3) is 0 Å². The maximum Gasteiger partial charge on any atom is 0.330 e. The van der Waals surface area contributed by atoms with Crippen molar-refractivity contribution in [2.45, 2.75) is 37.8 Å². The van der Waals surface area contributed by atoms with E-state index >= 15 is 0 Å². The van der Waals surface area contributed by atoms with Crippen LogP contribution in [0.4, 0.5) is 4.79 Å². The number of fused-ring (bicyclic) bond motifs is 2. The second-order valence-electron chi connectivity index (χ2n) is 10.8. The highest BCUT2D eigenvalue weighted by atomic mass is 32.2. The minimum atomic E-state index is -3.38. The minimum Gasteiger partial charge on any atom is -0.500 e. The molecule has 0 spiro atoms. The molecule has 4 unspecified atom stereocenters. The Kier molecular flexibility index (Phi) is 5.55. The van der Waals surface area contributed by atoms with E-state index in [4.69, 9.17) is 9.73 Å². The number of ether oxygens (including phenoxy) is 1. The molecule has 0 radical (unpaired) electrons. The summed E-state index contributed by atoms with van der Waals surface area (Å²) in [6.45, 7) is 5.83. The topological polar surface area (TPSA) is 108 Å². The van der Waals surface area contributed by atoms with Crippen LogP contribution in [0.1, 0.15) is 42.6 Å².